The third-order valence-electron chi connectivity index (χ3n) is 5.16. The predicted octanol–water partition coefficient (Wildman–Crippen LogP) is 2.95. The molecule has 0 fully saturated rings. The van der Waals surface area contributed by atoms with Gasteiger partial charge in [-0.3, -0.25) is 9.80 Å². The van der Waals surface area contributed by atoms with Crippen LogP contribution in [-0.4, -0.2) is 28.3 Å². The van der Waals surface area contributed by atoms with Crippen LogP contribution in [0.2, 0.25) is 5.02 Å². The lowest BCUT2D eigenvalue weighted by atomic mass is 9.99. The van der Waals surface area contributed by atoms with Gasteiger partial charge in [-0.1, -0.05) is 29.8 Å². The van der Waals surface area contributed by atoms with Gasteiger partial charge in [-0.15, -0.1) is 5.53 Å². The molecule has 0 amide bonds. The molecule has 2 aliphatic heterocycles. The lowest BCUT2D eigenvalue weighted by Crippen LogP contribution is -2.40. The SMILES string of the molecule is C[C@@H](c1ccccc1C(F)(F)F)N1NNC2=C1CCN(c1cn[nH]c(=O)c1Cl)C2. The molecule has 1 aromatic heterocycles. The van der Waals surface area contributed by atoms with Gasteiger partial charge in [0, 0.05) is 13.0 Å². The molecule has 0 unspecified atom stereocenters. The molecule has 0 saturated heterocycles. The Labute approximate surface area is 169 Å². The van der Waals surface area contributed by atoms with Gasteiger partial charge < -0.3 is 10.3 Å². The second kappa shape index (κ2) is 7.27. The number of hydrogen-bond acceptors (Lipinski definition) is 6. The minimum atomic E-state index is -4.43. The van der Waals surface area contributed by atoms with Crippen LogP contribution in [0.3, 0.4) is 0 Å². The second-order valence-electron chi connectivity index (χ2n) is 6.86. The molecular formula is C18H18ClF3N6O. The number of anilines is 1. The zero-order valence-corrected chi connectivity index (χ0v) is 16.1. The fourth-order valence-corrected chi connectivity index (χ4v) is 3.93. The van der Waals surface area contributed by atoms with E-state index < -0.39 is 23.3 Å². The molecule has 29 heavy (non-hydrogen) atoms. The highest BCUT2D eigenvalue weighted by Gasteiger charge is 2.38. The molecule has 2 aliphatic rings. The van der Waals surface area contributed by atoms with E-state index in [4.69, 9.17) is 11.6 Å². The van der Waals surface area contributed by atoms with Crippen molar-refractivity contribution in [2.75, 3.05) is 18.0 Å². The first-order valence-corrected chi connectivity index (χ1v) is 9.32. The minimum Gasteiger partial charge on any atom is -0.363 e. The largest absolute Gasteiger partial charge is 0.416 e. The topological polar surface area (TPSA) is 76.3 Å². The standard InChI is InChI=1S/C18H18ClF3N6O/c1-10(11-4-2-3-5-12(11)18(20,21)22)28-14-6-7-27(9-13(14)24-26-28)15-8-23-25-17(29)16(15)19/h2-5,8,10,24,26H,6-7,9H2,1H3,(H,25,29)/t10-/m0/s1. The molecule has 1 aromatic carbocycles. The quantitative estimate of drug-likeness (QED) is 0.700. The van der Waals surface area contributed by atoms with E-state index in [-0.39, 0.29) is 10.6 Å². The van der Waals surface area contributed by atoms with Crippen molar-refractivity contribution < 1.29 is 13.2 Å². The Kier molecular flexibility index (Phi) is 4.91. The second-order valence-corrected chi connectivity index (χ2v) is 7.24. The Morgan fingerprint density at radius 1 is 1.28 bits per heavy atom. The Bertz CT molecular complexity index is 1020. The molecule has 0 radical (unpaired) electrons. The number of halogens is 4. The summed E-state index contributed by atoms with van der Waals surface area (Å²) in [7, 11) is 0. The lowest BCUT2D eigenvalue weighted by molar-refractivity contribution is -0.138. The van der Waals surface area contributed by atoms with Crippen molar-refractivity contribution in [1.29, 1.82) is 0 Å². The van der Waals surface area contributed by atoms with Crippen LogP contribution in [0, 0.1) is 0 Å². The van der Waals surface area contributed by atoms with Crippen LogP contribution in [0.5, 0.6) is 0 Å². The summed E-state index contributed by atoms with van der Waals surface area (Å²) in [6, 6.07) is 5.02. The number of benzene rings is 1. The molecule has 11 heteroatoms. The fourth-order valence-electron chi connectivity index (χ4n) is 3.71. The lowest BCUT2D eigenvalue weighted by Gasteiger charge is -2.33. The fraction of sp³-hybridized carbons (Fsp3) is 0.333. The van der Waals surface area contributed by atoms with Gasteiger partial charge in [0.05, 0.1) is 41.4 Å². The molecule has 4 rings (SSSR count). The van der Waals surface area contributed by atoms with Gasteiger partial charge in [-0.2, -0.15) is 18.3 Å². The van der Waals surface area contributed by atoms with Crippen molar-refractivity contribution in [3.63, 3.8) is 0 Å². The average molecular weight is 427 g/mol. The zero-order valence-electron chi connectivity index (χ0n) is 15.3. The first-order valence-electron chi connectivity index (χ1n) is 8.94. The highest BCUT2D eigenvalue weighted by Crippen LogP contribution is 2.38. The van der Waals surface area contributed by atoms with Crippen LogP contribution in [0.15, 0.2) is 46.7 Å². The van der Waals surface area contributed by atoms with E-state index in [0.717, 1.165) is 17.5 Å². The van der Waals surface area contributed by atoms with Crippen molar-refractivity contribution in [2.45, 2.75) is 25.6 Å². The summed E-state index contributed by atoms with van der Waals surface area (Å²) in [5.74, 6) is 0. The number of aromatic nitrogens is 2. The van der Waals surface area contributed by atoms with Crippen molar-refractivity contribution in [2.24, 2.45) is 0 Å². The van der Waals surface area contributed by atoms with Gasteiger partial charge in [-0.25, -0.2) is 5.10 Å². The highest BCUT2D eigenvalue weighted by atomic mass is 35.5. The van der Waals surface area contributed by atoms with Gasteiger partial charge in [0.15, 0.2) is 0 Å². The Morgan fingerprint density at radius 2 is 2.03 bits per heavy atom. The summed E-state index contributed by atoms with van der Waals surface area (Å²) in [5, 5.41) is 7.84. The minimum absolute atomic E-state index is 0.0549. The van der Waals surface area contributed by atoms with Crippen LogP contribution in [-0.2, 0) is 6.18 Å². The molecule has 0 bridgehead atoms. The summed E-state index contributed by atoms with van der Waals surface area (Å²) < 4.78 is 40.3. The van der Waals surface area contributed by atoms with Crippen molar-refractivity contribution in [1.82, 2.24) is 26.2 Å². The summed E-state index contributed by atoms with van der Waals surface area (Å²) in [6.07, 6.45) is -2.39. The summed E-state index contributed by atoms with van der Waals surface area (Å²) in [4.78, 5) is 13.6. The van der Waals surface area contributed by atoms with Crippen molar-refractivity contribution >= 4 is 17.3 Å². The van der Waals surface area contributed by atoms with Crippen LogP contribution < -0.4 is 21.4 Å². The smallest absolute Gasteiger partial charge is 0.363 e. The van der Waals surface area contributed by atoms with Gasteiger partial charge in [0.1, 0.15) is 5.02 Å². The maximum absolute atomic E-state index is 13.4. The maximum atomic E-state index is 13.4. The zero-order chi connectivity index (χ0) is 20.8. The van der Waals surface area contributed by atoms with E-state index in [1.54, 1.807) is 18.0 Å². The Balaban J connectivity index is 1.60. The molecule has 0 aliphatic carbocycles. The van der Waals surface area contributed by atoms with E-state index in [2.05, 4.69) is 21.2 Å². The summed E-state index contributed by atoms with van der Waals surface area (Å²) >= 11 is 6.09. The Hall–Kier alpha value is -2.72. The summed E-state index contributed by atoms with van der Waals surface area (Å²) in [5.41, 5.74) is 7.27. The number of hydrogen-bond donors (Lipinski definition) is 3. The van der Waals surface area contributed by atoms with Gasteiger partial charge in [-0.05, 0) is 18.6 Å². The third kappa shape index (κ3) is 3.53. The highest BCUT2D eigenvalue weighted by molar-refractivity contribution is 6.33. The maximum Gasteiger partial charge on any atom is 0.416 e. The Morgan fingerprint density at radius 3 is 2.79 bits per heavy atom. The average Bonchev–Trinajstić information content (AvgIpc) is 3.12. The number of alkyl halides is 3. The predicted molar refractivity (Wildman–Crippen MR) is 102 cm³/mol. The number of H-pyrrole nitrogens is 1. The van der Waals surface area contributed by atoms with Gasteiger partial charge in [0.2, 0.25) is 0 Å². The molecule has 2 aromatic rings. The van der Waals surface area contributed by atoms with E-state index in [0.29, 0.717) is 25.2 Å². The number of nitrogens with zero attached hydrogens (tertiary/aromatic N) is 3. The van der Waals surface area contributed by atoms with Crippen LogP contribution in [0.1, 0.15) is 30.5 Å². The number of hydrazine groups is 2. The van der Waals surface area contributed by atoms with E-state index in [1.165, 1.54) is 18.3 Å². The van der Waals surface area contributed by atoms with E-state index in [9.17, 15) is 18.0 Å². The monoisotopic (exact) mass is 426 g/mol. The number of rotatable bonds is 3. The third-order valence-corrected chi connectivity index (χ3v) is 5.52. The van der Waals surface area contributed by atoms with Gasteiger partial charge in [0.25, 0.3) is 5.56 Å². The molecule has 0 saturated carbocycles. The van der Waals surface area contributed by atoms with E-state index in [1.807, 2.05) is 4.90 Å². The van der Waals surface area contributed by atoms with Crippen LogP contribution in [0.4, 0.5) is 18.9 Å². The summed E-state index contributed by atoms with van der Waals surface area (Å²) in [6.45, 7) is 2.67. The van der Waals surface area contributed by atoms with E-state index >= 15 is 0 Å². The van der Waals surface area contributed by atoms with Crippen molar-refractivity contribution in [3.8, 4) is 0 Å². The number of aromatic amines is 1. The number of nitrogens with one attached hydrogen (secondary N) is 3. The normalized spacial score (nSPS) is 18.0. The molecule has 7 nitrogen and oxygen atoms in total. The van der Waals surface area contributed by atoms with Gasteiger partial charge >= 0.3 is 6.18 Å². The molecule has 154 valence electrons. The molecular weight excluding hydrogens is 409 g/mol. The van der Waals surface area contributed by atoms with Crippen molar-refractivity contribution in [3.05, 3.63) is 68.4 Å². The molecule has 3 N–H and O–H groups in total. The molecule has 1 atom stereocenters. The van der Waals surface area contributed by atoms with Crippen LogP contribution in [0.25, 0.3) is 0 Å². The van der Waals surface area contributed by atoms with Crippen LogP contribution >= 0.6 is 11.6 Å². The molecule has 3 heterocycles. The first kappa shape index (κ1) is 19.6. The first-order chi connectivity index (χ1) is 13.8. The molecule has 0 spiro atoms.